The Bertz CT molecular complexity index is 842. The highest BCUT2D eigenvalue weighted by Gasteiger charge is 2.11. The molecule has 2 aromatic carbocycles. The van der Waals surface area contributed by atoms with Crippen molar-refractivity contribution < 1.29 is 19.5 Å². The number of hydrogen-bond acceptors (Lipinski definition) is 3. The van der Waals surface area contributed by atoms with Crippen LogP contribution in [0.3, 0.4) is 0 Å². The number of carbonyl (C=O) groups excluding carboxylic acids is 2. The van der Waals surface area contributed by atoms with Crippen LogP contribution in [-0.4, -0.2) is 29.4 Å². The lowest BCUT2D eigenvalue weighted by atomic mass is 10.1. The smallest absolute Gasteiger partial charge is 0.335 e. The van der Waals surface area contributed by atoms with Gasteiger partial charge in [0.05, 0.1) is 12.0 Å². The van der Waals surface area contributed by atoms with Gasteiger partial charge in [-0.3, -0.25) is 9.59 Å². The summed E-state index contributed by atoms with van der Waals surface area (Å²) >= 11 is 0. The average Bonchev–Trinajstić information content (AvgIpc) is 2.61. The summed E-state index contributed by atoms with van der Waals surface area (Å²) in [6, 6.07) is 11.3. The van der Waals surface area contributed by atoms with Gasteiger partial charge >= 0.3 is 5.97 Å². The van der Waals surface area contributed by atoms with Crippen LogP contribution in [0.2, 0.25) is 0 Å². The van der Waals surface area contributed by atoms with Gasteiger partial charge in [-0.05, 0) is 54.3 Å². The highest BCUT2D eigenvalue weighted by molar-refractivity contribution is 5.97. The first-order valence-electron chi connectivity index (χ1n) is 8.77. The zero-order valence-electron chi connectivity index (χ0n) is 15.7. The number of rotatable bonds is 7. The molecule has 0 bridgehead atoms. The van der Waals surface area contributed by atoms with Crippen molar-refractivity contribution in [2.24, 2.45) is 5.92 Å². The molecule has 0 saturated heterocycles. The molecule has 0 unspecified atom stereocenters. The molecule has 0 heterocycles. The fourth-order valence-electron chi connectivity index (χ4n) is 2.49. The normalized spacial score (nSPS) is 10.5. The number of benzene rings is 2. The van der Waals surface area contributed by atoms with Crippen LogP contribution in [0.15, 0.2) is 42.5 Å². The number of aromatic carboxylic acids is 1. The molecule has 0 fully saturated rings. The van der Waals surface area contributed by atoms with Crippen LogP contribution in [-0.2, 0) is 11.2 Å². The summed E-state index contributed by atoms with van der Waals surface area (Å²) < 4.78 is 0. The molecule has 0 aliphatic heterocycles. The molecule has 0 spiro atoms. The molecule has 6 heteroatoms. The van der Waals surface area contributed by atoms with E-state index >= 15 is 0 Å². The molecule has 6 nitrogen and oxygen atoms in total. The molecule has 27 heavy (non-hydrogen) atoms. The van der Waals surface area contributed by atoms with E-state index in [1.165, 1.54) is 12.1 Å². The van der Waals surface area contributed by atoms with Gasteiger partial charge in [-0.1, -0.05) is 26.0 Å². The Morgan fingerprint density at radius 2 is 1.63 bits per heavy atom. The maximum absolute atomic E-state index is 12.2. The van der Waals surface area contributed by atoms with Gasteiger partial charge in [-0.15, -0.1) is 0 Å². The molecule has 0 aliphatic carbocycles. The maximum Gasteiger partial charge on any atom is 0.335 e. The lowest BCUT2D eigenvalue weighted by Crippen LogP contribution is -2.27. The maximum atomic E-state index is 12.2. The Hall–Kier alpha value is -3.15. The third kappa shape index (κ3) is 5.95. The minimum Gasteiger partial charge on any atom is -0.478 e. The first-order chi connectivity index (χ1) is 12.8. The molecule has 0 aromatic heterocycles. The van der Waals surface area contributed by atoms with Crippen molar-refractivity contribution >= 4 is 23.5 Å². The van der Waals surface area contributed by atoms with E-state index in [0.29, 0.717) is 23.7 Å². The van der Waals surface area contributed by atoms with Crippen molar-refractivity contribution in [1.29, 1.82) is 0 Å². The summed E-state index contributed by atoms with van der Waals surface area (Å²) in [6.07, 6.45) is 0.135. The minimum absolute atomic E-state index is 0.135. The van der Waals surface area contributed by atoms with Crippen LogP contribution < -0.4 is 10.6 Å². The second-order valence-corrected chi connectivity index (χ2v) is 6.86. The van der Waals surface area contributed by atoms with Gasteiger partial charge in [0.2, 0.25) is 5.91 Å². The van der Waals surface area contributed by atoms with Crippen molar-refractivity contribution in [1.82, 2.24) is 5.32 Å². The fraction of sp³-hybridized carbons (Fsp3) is 0.286. The number of hydrogen-bond donors (Lipinski definition) is 3. The lowest BCUT2D eigenvalue weighted by Gasteiger charge is -2.12. The summed E-state index contributed by atoms with van der Waals surface area (Å²) in [5.41, 5.74) is 2.89. The highest BCUT2D eigenvalue weighted by atomic mass is 16.4. The SMILES string of the molecule is Cc1cc(C(=O)NCC(C)C)ccc1NC(=O)Cc1ccc(C(=O)O)cc1. The van der Waals surface area contributed by atoms with Crippen LogP contribution in [0, 0.1) is 12.8 Å². The summed E-state index contributed by atoms with van der Waals surface area (Å²) in [7, 11) is 0. The van der Waals surface area contributed by atoms with E-state index < -0.39 is 5.97 Å². The predicted octanol–water partition coefficient (Wildman–Crippen LogP) is 3.26. The second-order valence-electron chi connectivity index (χ2n) is 6.86. The third-order valence-corrected chi connectivity index (χ3v) is 4.00. The molecule has 0 aliphatic rings. The minimum atomic E-state index is -1.00. The van der Waals surface area contributed by atoms with Crippen LogP contribution >= 0.6 is 0 Å². The number of carboxylic acid groups (broad SMARTS) is 1. The Morgan fingerprint density at radius 1 is 1.00 bits per heavy atom. The zero-order valence-corrected chi connectivity index (χ0v) is 15.7. The molecule has 3 N–H and O–H groups in total. The van der Waals surface area contributed by atoms with E-state index in [-0.39, 0.29) is 23.8 Å². The second kappa shape index (κ2) is 8.98. The Morgan fingerprint density at radius 3 is 2.19 bits per heavy atom. The van der Waals surface area contributed by atoms with Gasteiger partial charge in [0.15, 0.2) is 0 Å². The quantitative estimate of drug-likeness (QED) is 0.699. The van der Waals surface area contributed by atoms with Gasteiger partial charge in [0.1, 0.15) is 0 Å². The highest BCUT2D eigenvalue weighted by Crippen LogP contribution is 2.17. The standard InChI is InChI=1S/C21H24N2O4/c1-13(2)12-22-20(25)17-8-9-18(14(3)10-17)23-19(24)11-15-4-6-16(7-5-15)21(26)27/h4-10,13H,11-12H2,1-3H3,(H,22,25)(H,23,24)(H,26,27). The summed E-state index contributed by atoms with van der Waals surface area (Å²) in [5, 5.41) is 14.6. The van der Waals surface area contributed by atoms with E-state index in [2.05, 4.69) is 10.6 Å². The Balaban J connectivity index is 1.99. The van der Waals surface area contributed by atoms with E-state index in [9.17, 15) is 14.4 Å². The Kier molecular flexibility index (Phi) is 6.71. The van der Waals surface area contributed by atoms with Crippen LogP contribution in [0.25, 0.3) is 0 Å². The van der Waals surface area contributed by atoms with Crippen LogP contribution in [0.4, 0.5) is 5.69 Å². The van der Waals surface area contributed by atoms with Crippen LogP contribution in [0.1, 0.15) is 45.7 Å². The summed E-state index contributed by atoms with van der Waals surface area (Å²) in [4.78, 5) is 35.2. The lowest BCUT2D eigenvalue weighted by molar-refractivity contribution is -0.115. The fourth-order valence-corrected chi connectivity index (χ4v) is 2.49. The van der Waals surface area contributed by atoms with E-state index in [1.807, 2.05) is 20.8 Å². The average molecular weight is 368 g/mol. The van der Waals surface area contributed by atoms with Crippen molar-refractivity contribution in [2.45, 2.75) is 27.2 Å². The van der Waals surface area contributed by atoms with E-state index in [0.717, 1.165) is 11.1 Å². The van der Waals surface area contributed by atoms with Crippen molar-refractivity contribution in [3.8, 4) is 0 Å². The predicted molar refractivity (Wildman–Crippen MR) is 104 cm³/mol. The number of carboxylic acids is 1. The first kappa shape index (κ1) is 20.2. The van der Waals surface area contributed by atoms with Gasteiger partial charge in [0.25, 0.3) is 5.91 Å². The molecule has 0 atom stereocenters. The molecule has 0 radical (unpaired) electrons. The summed E-state index contributed by atoms with van der Waals surface area (Å²) in [5.74, 6) is -0.973. The van der Waals surface area contributed by atoms with Gasteiger partial charge in [0, 0.05) is 17.8 Å². The van der Waals surface area contributed by atoms with Gasteiger partial charge in [-0.25, -0.2) is 4.79 Å². The van der Waals surface area contributed by atoms with Crippen molar-refractivity contribution in [3.05, 3.63) is 64.7 Å². The van der Waals surface area contributed by atoms with Gasteiger partial charge in [-0.2, -0.15) is 0 Å². The first-order valence-corrected chi connectivity index (χ1v) is 8.77. The van der Waals surface area contributed by atoms with Crippen LogP contribution in [0.5, 0.6) is 0 Å². The van der Waals surface area contributed by atoms with Crippen molar-refractivity contribution in [2.75, 3.05) is 11.9 Å². The number of carbonyl (C=O) groups is 3. The molecule has 2 amide bonds. The molecule has 0 saturated carbocycles. The molecule has 2 rings (SSSR count). The van der Waals surface area contributed by atoms with E-state index in [1.54, 1.807) is 30.3 Å². The van der Waals surface area contributed by atoms with Gasteiger partial charge < -0.3 is 15.7 Å². The summed E-state index contributed by atoms with van der Waals surface area (Å²) in [6.45, 7) is 6.49. The largest absolute Gasteiger partial charge is 0.478 e. The molecule has 2 aromatic rings. The zero-order chi connectivity index (χ0) is 20.0. The topological polar surface area (TPSA) is 95.5 Å². The molecular weight excluding hydrogens is 344 g/mol. The monoisotopic (exact) mass is 368 g/mol. The van der Waals surface area contributed by atoms with Crippen molar-refractivity contribution in [3.63, 3.8) is 0 Å². The third-order valence-electron chi connectivity index (χ3n) is 4.00. The number of anilines is 1. The van der Waals surface area contributed by atoms with E-state index in [4.69, 9.17) is 5.11 Å². The number of nitrogens with one attached hydrogen (secondary N) is 2. The molecule has 142 valence electrons. The number of amides is 2. The molecular formula is C21H24N2O4. The Labute approximate surface area is 158 Å². The number of aryl methyl sites for hydroxylation is 1.